The summed E-state index contributed by atoms with van der Waals surface area (Å²) in [6.07, 6.45) is 3.83. The quantitative estimate of drug-likeness (QED) is 0.627. The molecular weight excluding hydrogens is 232 g/mol. The number of hydrogen-bond acceptors (Lipinski definition) is 1. The molecule has 0 fully saturated rings. The molecule has 2 aromatic carbocycles. The van der Waals surface area contributed by atoms with Gasteiger partial charge >= 0.3 is 0 Å². The highest BCUT2D eigenvalue weighted by Gasteiger charge is 2.26. The monoisotopic (exact) mass is 248 g/mol. The summed E-state index contributed by atoms with van der Waals surface area (Å²) in [7, 11) is 0. The van der Waals surface area contributed by atoms with E-state index in [1.165, 1.54) is 41.1 Å². The van der Waals surface area contributed by atoms with Crippen LogP contribution in [0.15, 0.2) is 24.3 Å². The van der Waals surface area contributed by atoms with Crippen molar-refractivity contribution >= 4 is 21.8 Å². The molecule has 2 heterocycles. The molecule has 1 aliphatic carbocycles. The van der Waals surface area contributed by atoms with Gasteiger partial charge < -0.3 is 10.3 Å². The molecule has 94 valence electrons. The van der Waals surface area contributed by atoms with Gasteiger partial charge in [-0.1, -0.05) is 18.2 Å². The highest BCUT2D eigenvalue weighted by molar-refractivity contribution is 6.11. The van der Waals surface area contributed by atoms with Crippen molar-refractivity contribution in [3.05, 3.63) is 46.5 Å². The zero-order chi connectivity index (χ0) is 12.4. The maximum absolute atomic E-state index is 3.68. The first kappa shape index (κ1) is 10.0. The van der Waals surface area contributed by atoms with Crippen LogP contribution in [0.3, 0.4) is 0 Å². The highest BCUT2D eigenvalue weighted by atomic mass is 14.9. The smallest absolute Gasteiger partial charge is 0.0503 e. The lowest BCUT2D eigenvalue weighted by Crippen LogP contribution is -2.00. The van der Waals surface area contributed by atoms with Crippen molar-refractivity contribution in [1.82, 2.24) is 10.3 Å². The van der Waals surface area contributed by atoms with Gasteiger partial charge in [0.1, 0.15) is 0 Å². The molecule has 0 amide bonds. The third kappa shape index (κ3) is 1.15. The molecule has 0 unspecified atom stereocenters. The number of nitrogens with one attached hydrogen (secondary N) is 2. The van der Waals surface area contributed by atoms with Crippen LogP contribution < -0.4 is 5.32 Å². The van der Waals surface area contributed by atoms with E-state index >= 15 is 0 Å². The Balaban J connectivity index is 2.08. The molecule has 2 nitrogen and oxygen atoms in total. The SMILES string of the molecule is c1ccc2c(c1)[nH]c1c3c(c4c(c12)CNC4)CCC3. The number of aromatic nitrogens is 1. The van der Waals surface area contributed by atoms with E-state index in [4.69, 9.17) is 0 Å². The van der Waals surface area contributed by atoms with Gasteiger partial charge in [0.25, 0.3) is 0 Å². The summed E-state index contributed by atoms with van der Waals surface area (Å²) in [5.74, 6) is 0. The summed E-state index contributed by atoms with van der Waals surface area (Å²) in [6.45, 7) is 2.09. The molecule has 0 radical (unpaired) electrons. The van der Waals surface area contributed by atoms with Crippen LogP contribution in [-0.2, 0) is 25.9 Å². The number of H-pyrrole nitrogens is 1. The van der Waals surface area contributed by atoms with Crippen LogP contribution in [0.1, 0.15) is 28.7 Å². The molecule has 0 bridgehead atoms. The molecular formula is C17H16N2. The van der Waals surface area contributed by atoms with Crippen LogP contribution in [0.5, 0.6) is 0 Å². The van der Waals surface area contributed by atoms with Crippen LogP contribution in [-0.4, -0.2) is 4.98 Å². The van der Waals surface area contributed by atoms with Crippen molar-refractivity contribution in [3.8, 4) is 0 Å². The van der Waals surface area contributed by atoms with E-state index in [0.29, 0.717) is 0 Å². The molecule has 0 spiro atoms. The molecule has 0 saturated heterocycles. The Morgan fingerprint density at radius 3 is 2.68 bits per heavy atom. The molecule has 1 aliphatic heterocycles. The van der Waals surface area contributed by atoms with Crippen molar-refractivity contribution < 1.29 is 0 Å². The molecule has 1 aromatic heterocycles. The minimum atomic E-state index is 1.03. The lowest BCUT2D eigenvalue weighted by molar-refractivity contribution is 0.762. The molecule has 2 aliphatic rings. The number of hydrogen-bond donors (Lipinski definition) is 2. The number of aryl methyl sites for hydroxylation is 1. The van der Waals surface area contributed by atoms with Gasteiger partial charge in [-0.05, 0) is 47.6 Å². The fourth-order valence-electron chi connectivity index (χ4n) is 4.09. The van der Waals surface area contributed by atoms with E-state index in [-0.39, 0.29) is 0 Å². The second-order valence-electron chi connectivity index (χ2n) is 5.79. The third-order valence-electron chi connectivity index (χ3n) is 4.86. The summed E-state index contributed by atoms with van der Waals surface area (Å²) in [5.41, 5.74) is 9.08. The van der Waals surface area contributed by atoms with E-state index in [0.717, 1.165) is 13.1 Å². The molecule has 3 aromatic rings. The topological polar surface area (TPSA) is 27.8 Å². The lowest BCUT2D eigenvalue weighted by atomic mass is 9.94. The highest BCUT2D eigenvalue weighted by Crippen LogP contribution is 2.40. The maximum Gasteiger partial charge on any atom is 0.0503 e. The molecule has 19 heavy (non-hydrogen) atoms. The van der Waals surface area contributed by atoms with Crippen LogP contribution >= 0.6 is 0 Å². The Hall–Kier alpha value is -1.80. The average molecular weight is 248 g/mol. The Morgan fingerprint density at radius 2 is 1.68 bits per heavy atom. The van der Waals surface area contributed by atoms with Gasteiger partial charge in [0.2, 0.25) is 0 Å². The lowest BCUT2D eigenvalue weighted by Gasteiger charge is -2.09. The van der Waals surface area contributed by atoms with Gasteiger partial charge in [-0.25, -0.2) is 0 Å². The van der Waals surface area contributed by atoms with Crippen molar-refractivity contribution in [2.45, 2.75) is 32.4 Å². The molecule has 5 rings (SSSR count). The van der Waals surface area contributed by atoms with E-state index in [1.54, 1.807) is 22.3 Å². The minimum Gasteiger partial charge on any atom is -0.354 e. The molecule has 0 atom stereocenters. The Bertz CT molecular complexity index is 826. The summed E-state index contributed by atoms with van der Waals surface area (Å²) < 4.78 is 0. The van der Waals surface area contributed by atoms with Crippen LogP contribution in [0.25, 0.3) is 21.8 Å². The largest absolute Gasteiger partial charge is 0.354 e. The first-order valence-corrected chi connectivity index (χ1v) is 7.20. The van der Waals surface area contributed by atoms with Gasteiger partial charge in [0, 0.05) is 29.4 Å². The summed E-state index contributed by atoms with van der Waals surface area (Å²) in [5, 5.41) is 6.43. The first-order valence-electron chi connectivity index (χ1n) is 7.20. The fraction of sp³-hybridized carbons (Fsp3) is 0.294. The average Bonchev–Trinajstić information content (AvgIpc) is 3.14. The Labute approximate surface area is 111 Å². The van der Waals surface area contributed by atoms with Gasteiger partial charge in [0.05, 0.1) is 5.52 Å². The number of fused-ring (bicyclic) bond motifs is 8. The van der Waals surface area contributed by atoms with Gasteiger partial charge in [-0.3, -0.25) is 0 Å². The van der Waals surface area contributed by atoms with Gasteiger partial charge in [-0.15, -0.1) is 0 Å². The van der Waals surface area contributed by atoms with Gasteiger partial charge in [0.15, 0.2) is 0 Å². The second kappa shape index (κ2) is 3.40. The predicted molar refractivity (Wildman–Crippen MR) is 78.4 cm³/mol. The van der Waals surface area contributed by atoms with Crippen LogP contribution in [0, 0.1) is 0 Å². The second-order valence-corrected chi connectivity index (χ2v) is 5.79. The van der Waals surface area contributed by atoms with E-state index in [2.05, 4.69) is 34.6 Å². The predicted octanol–water partition coefficient (Wildman–Crippen LogP) is 3.41. The van der Waals surface area contributed by atoms with Crippen molar-refractivity contribution in [3.63, 3.8) is 0 Å². The first-order chi connectivity index (χ1) is 9.43. The normalized spacial score (nSPS) is 17.3. The summed E-state index contributed by atoms with van der Waals surface area (Å²) in [4.78, 5) is 3.68. The molecule has 2 heteroatoms. The summed E-state index contributed by atoms with van der Waals surface area (Å²) in [6, 6.07) is 8.73. The maximum atomic E-state index is 3.68. The number of rotatable bonds is 0. The molecule has 2 N–H and O–H groups in total. The number of benzene rings is 2. The molecule has 0 saturated carbocycles. The van der Waals surface area contributed by atoms with Crippen LogP contribution in [0.4, 0.5) is 0 Å². The van der Waals surface area contributed by atoms with E-state index in [1.807, 2.05) is 0 Å². The summed E-state index contributed by atoms with van der Waals surface area (Å²) >= 11 is 0. The Kier molecular flexibility index (Phi) is 1.79. The number of para-hydroxylation sites is 1. The van der Waals surface area contributed by atoms with Crippen molar-refractivity contribution in [2.75, 3.05) is 0 Å². The number of aromatic amines is 1. The third-order valence-corrected chi connectivity index (χ3v) is 4.86. The van der Waals surface area contributed by atoms with E-state index < -0.39 is 0 Å². The van der Waals surface area contributed by atoms with Crippen molar-refractivity contribution in [1.29, 1.82) is 0 Å². The van der Waals surface area contributed by atoms with Gasteiger partial charge in [-0.2, -0.15) is 0 Å². The standard InChI is InChI=1S/C17H16N2/c1-2-7-15-12(4-1)16-14-9-18-8-13(14)10-5-3-6-11(10)17(16)19-15/h1-2,4,7,18-19H,3,5-6,8-9H2. The zero-order valence-electron chi connectivity index (χ0n) is 10.8. The Morgan fingerprint density at radius 1 is 0.842 bits per heavy atom. The fourth-order valence-corrected chi connectivity index (χ4v) is 4.09. The minimum absolute atomic E-state index is 1.03. The van der Waals surface area contributed by atoms with Crippen LogP contribution in [0.2, 0.25) is 0 Å². The zero-order valence-corrected chi connectivity index (χ0v) is 10.8. The van der Waals surface area contributed by atoms with E-state index in [9.17, 15) is 0 Å². The van der Waals surface area contributed by atoms with Crippen molar-refractivity contribution in [2.24, 2.45) is 0 Å².